The van der Waals surface area contributed by atoms with Crippen LogP contribution in [0.2, 0.25) is 0 Å². The van der Waals surface area contributed by atoms with Crippen molar-refractivity contribution < 1.29 is 5.11 Å². The summed E-state index contributed by atoms with van der Waals surface area (Å²) in [5.41, 5.74) is 6.68. The molecule has 0 unspecified atom stereocenters. The number of aromatic nitrogens is 1. The molecule has 4 nitrogen and oxygen atoms in total. The summed E-state index contributed by atoms with van der Waals surface area (Å²) in [5.74, 6) is 0.719. The molecule has 0 atom stereocenters. The second kappa shape index (κ2) is 5.69. The topological polar surface area (TPSA) is 71.2 Å². The molecule has 0 amide bonds. The van der Waals surface area contributed by atoms with Crippen molar-refractivity contribution in [2.24, 2.45) is 0 Å². The molecule has 1 aromatic heterocycles. The van der Waals surface area contributed by atoms with Crippen molar-refractivity contribution in [1.82, 2.24) is 4.98 Å². The summed E-state index contributed by atoms with van der Waals surface area (Å²) >= 11 is 3.46. The van der Waals surface area contributed by atoms with Gasteiger partial charge in [-0.05, 0) is 41.3 Å². The van der Waals surface area contributed by atoms with Crippen LogP contribution in [0.25, 0.3) is 0 Å². The molecule has 0 bridgehead atoms. The van der Waals surface area contributed by atoms with Gasteiger partial charge in [-0.25, -0.2) is 4.98 Å². The first kappa shape index (κ1) is 14.3. The van der Waals surface area contributed by atoms with Crippen LogP contribution in [-0.2, 0) is 0 Å². The van der Waals surface area contributed by atoms with Gasteiger partial charge in [-0.3, -0.25) is 0 Å². The highest BCUT2D eigenvalue weighted by atomic mass is 79.9. The van der Waals surface area contributed by atoms with Gasteiger partial charge in [-0.1, -0.05) is 13.8 Å². The third-order valence-electron chi connectivity index (χ3n) is 3.20. The van der Waals surface area contributed by atoms with Crippen molar-refractivity contribution in [3.8, 4) is 0 Å². The predicted octanol–water partition coefficient (Wildman–Crippen LogP) is 2.70. The fourth-order valence-corrected chi connectivity index (χ4v) is 1.93. The molecule has 0 saturated heterocycles. The summed E-state index contributed by atoms with van der Waals surface area (Å²) in [6, 6.07) is 0. The molecule has 5 heteroatoms. The van der Waals surface area contributed by atoms with Crippen molar-refractivity contribution in [2.45, 2.75) is 39.2 Å². The fraction of sp³-hybridized carbons (Fsp3) is 0.583. The van der Waals surface area contributed by atoms with Gasteiger partial charge in [-0.15, -0.1) is 0 Å². The minimum Gasteiger partial charge on any atom is -0.397 e. The minimum atomic E-state index is -0.684. The molecule has 0 aliphatic carbocycles. The van der Waals surface area contributed by atoms with Crippen molar-refractivity contribution in [2.75, 3.05) is 17.6 Å². The van der Waals surface area contributed by atoms with Gasteiger partial charge in [0.25, 0.3) is 0 Å². The van der Waals surface area contributed by atoms with Crippen LogP contribution >= 0.6 is 15.9 Å². The molecule has 4 N–H and O–H groups in total. The summed E-state index contributed by atoms with van der Waals surface area (Å²) in [6.07, 6.45) is 3.05. The largest absolute Gasteiger partial charge is 0.397 e. The van der Waals surface area contributed by atoms with Crippen molar-refractivity contribution in [1.29, 1.82) is 0 Å². The standard InChI is InChI=1S/C12H20BrN3O/c1-4-12(17,5-2)7-16-11-10(13)8(3)9(14)6-15-11/h6,17H,4-5,7,14H2,1-3H3,(H,15,16). The van der Waals surface area contributed by atoms with Gasteiger partial charge < -0.3 is 16.2 Å². The lowest BCUT2D eigenvalue weighted by Crippen LogP contribution is -2.35. The van der Waals surface area contributed by atoms with Crippen LogP contribution in [-0.4, -0.2) is 22.2 Å². The van der Waals surface area contributed by atoms with Crippen LogP contribution < -0.4 is 11.1 Å². The average Bonchev–Trinajstić information content (AvgIpc) is 2.35. The lowest BCUT2D eigenvalue weighted by molar-refractivity contribution is 0.0456. The Morgan fingerprint density at radius 1 is 1.47 bits per heavy atom. The molecule has 1 aromatic rings. The summed E-state index contributed by atoms with van der Waals surface area (Å²) in [4.78, 5) is 4.22. The Morgan fingerprint density at radius 3 is 2.59 bits per heavy atom. The maximum Gasteiger partial charge on any atom is 0.140 e. The highest BCUT2D eigenvalue weighted by Crippen LogP contribution is 2.28. The van der Waals surface area contributed by atoms with E-state index in [1.165, 1.54) is 0 Å². The van der Waals surface area contributed by atoms with Crippen molar-refractivity contribution >= 4 is 27.4 Å². The number of pyridine rings is 1. The Morgan fingerprint density at radius 2 is 2.06 bits per heavy atom. The highest BCUT2D eigenvalue weighted by Gasteiger charge is 2.22. The summed E-state index contributed by atoms with van der Waals surface area (Å²) < 4.78 is 0.854. The molecule has 0 radical (unpaired) electrons. The Bertz CT molecular complexity index is 392. The molecular formula is C12H20BrN3O. The first-order valence-corrected chi connectivity index (χ1v) is 6.59. The van der Waals surface area contributed by atoms with Crippen molar-refractivity contribution in [3.63, 3.8) is 0 Å². The quantitative estimate of drug-likeness (QED) is 0.782. The van der Waals surface area contributed by atoms with E-state index in [4.69, 9.17) is 5.73 Å². The number of halogens is 1. The Hall–Kier alpha value is -0.810. The van der Waals surface area contributed by atoms with E-state index in [9.17, 15) is 5.11 Å². The molecular weight excluding hydrogens is 282 g/mol. The van der Waals surface area contributed by atoms with Gasteiger partial charge in [0.05, 0.1) is 22.0 Å². The molecule has 0 aliphatic rings. The van der Waals surface area contributed by atoms with Gasteiger partial charge in [0.15, 0.2) is 0 Å². The summed E-state index contributed by atoms with van der Waals surface area (Å²) in [7, 11) is 0. The van der Waals surface area contributed by atoms with E-state index in [0.717, 1.165) is 15.9 Å². The van der Waals surface area contributed by atoms with E-state index in [1.807, 2.05) is 20.8 Å². The minimum absolute atomic E-state index is 0.481. The highest BCUT2D eigenvalue weighted by molar-refractivity contribution is 9.10. The van der Waals surface area contributed by atoms with Crippen LogP contribution in [0.5, 0.6) is 0 Å². The van der Waals surface area contributed by atoms with Gasteiger partial charge >= 0.3 is 0 Å². The number of anilines is 2. The molecule has 0 saturated carbocycles. The van der Waals surface area contributed by atoms with E-state index < -0.39 is 5.60 Å². The lowest BCUT2D eigenvalue weighted by Gasteiger charge is -2.26. The number of hydrogen-bond acceptors (Lipinski definition) is 4. The second-order valence-electron chi connectivity index (χ2n) is 4.29. The molecule has 1 heterocycles. The predicted molar refractivity (Wildman–Crippen MR) is 75.1 cm³/mol. The number of nitrogen functional groups attached to an aromatic ring is 1. The fourth-order valence-electron chi connectivity index (χ4n) is 1.46. The molecule has 0 aromatic carbocycles. The maximum atomic E-state index is 10.2. The molecule has 0 fully saturated rings. The van der Waals surface area contributed by atoms with E-state index in [2.05, 4.69) is 26.2 Å². The van der Waals surface area contributed by atoms with Gasteiger partial charge in [0.2, 0.25) is 0 Å². The SMILES string of the molecule is CCC(O)(CC)CNc1ncc(N)c(C)c1Br. The van der Waals surface area contributed by atoms with Gasteiger partial charge in [0.1, 0.15) is 5.82 Å². The third kappa shape index (κ3) is 3.33. The molecule has 17 heavy (non-hydrogen) atoms. The molecule has 96 valence electrons. The Kier molecular flexibility index (Phi) is 4.77. The number of rotatable bonds is 5. The van der Waals surface area contributed by atoms with Crippen LogP contribution in [0.1, 0.15) is 32.3 Å². The van der Waals surface area contributed by atoms with E-state index >= 15 is 0 Å². The number of aliphatic hydroxyl groups is 1. The van der Waals surface area contributed by atoms with E-state index in [0.29, 0.717) is 25.1 Å². The van der Waals surface area contributed by atoms with E-state index in [1.54, 1.807) is 6.20 Å². The van der Waals surface area contributed by atoms with Crippen LogP contribution in [0.3, 0.4) is 0 Å². The van der Waals surface area contributed by atoms with E-state index in [-0.39, 0.29) is 0 Å². The zero-order chi connectivity index (χ0) is 13.1. The molecule has 1 rings (SSSR count). The second-order valence-corrected chi connectivity index (χ2v) is 5.08. The summed E-state index contributed by atoms with van der Waals surface area (Å²) in [5, 5.41) is 13.3. The monoisotopic (exact) mass is 301 g/mol. The van der Waals surface area contributed by atoms with Gasteiger partial charge in [-0.2, -0.15) is 0 Å². The third-order valence-corrected chi connectivity index (χ3v) is 4.17. The van der Waals surface area contributed by atoms with Crippen LogP contribution in [0, 0.1) is 6.92 Å². The number of hydrogen-bond donors (Lipinski definition) is 3. The average molecular weight is 302 g/mol. The normalized spacial score (nSPS) is 11.6. The zero-order valence-corrected chi connectivity index (χ0v) is 12.1. The smallest absolute Gasteiger partial charge is 0.140 e. The van der Waals surface area contributed by atoms with Crippen molar-refractivity contribution in [3.05, 3.63) is 16.2 Å². The molecule has 0 aliphatic heterocycles. The van der Waals surface area contributed by atoms with Crippen LogP contribution in [0.15, 0.2) is 10.7 Å². The lowest BCUT2D eigenvalue weighted by atomic mass is 9.98. The number of nitrogens with one attached hydrogen (secondary N) is 1. The maximum absolute atomic E-state index is 10.2. The number of nitrogens with zero attached hydrogens (tertiary/aromatic N) is 1. The summed E-state index contributed by atoms with van der Waals surface area (Å²) in [6.45, 7) is 6.36. The number of nitrogens with two attached hydrogens (primary N) is 1. The molecule has 0 spiro atoms. The first-order chi connectivity index (χ1) is 7.93. The first-order valence-electron chi connectivity index (χ1n) is 5.80. The van der Waals surface area contributed by atoms with Gasteiger partial charge in [0, 0.05) is 6.54 Å². The van der Waals surface area contributed by atoms with Crippen LogP contribution in [0.4, 0.5) is 11.5 Å². The Balaban J connectivity index is 2.80. The zero-order valence-electron chi connectivity index (χ0n) is 10.5. The Labute approximate surface area is 111 Å².